The first-order valence-electron chi connectivity index (χ1n) is 7.07. The fourth-order valence-electron chi connectivity index (χ4n) is 2.24. The molecule has 2 aromatic rings. The highest BCUT2D eigenvalue weighted by atomic mass is 32.2. The van der Waals surface area contributed by atoms with E-state index in [9.17, 15) is 9.18 Å². The van der Waals surface area contributed by atoms with Crippen LogP contribution in [0.4, 0.5) is 4.39 Å². The van der Waals surface area contributed by atoms with Crippen molar-refractivity contribution in [1.82, 2.24) is 10.3 Å². The number of hydrogen-bond acceptors (Lipinski definition) is 4. The summed E-state index contributed by atoms with van der Waals surface area (Å²) in [6, 6.07) is 11.5. The number of amidine groups is 1. The van der Waals surface area contributed by atoms with Crippen LogP contribution >= 0.6 is 11.8 Å². The maximum atomic E-state index is 12.9. The summed E-state index contributed by atoms with van der Waals surface area (Å²) >= 11 is 1.35. The molecule has 2 heterocycles. The first-order valence-corrected chi connectivity index (χ1v) is 7.89. The number of thioether (sulfide) groups is 1. The first-order chi connectivity index (χ1) is 11.0. The van der Waals surface area contributed by atoms with E-state index in [-0.39, 0.29) is 11.9 Å². The van der Waals surface area contributed by atoms with Crippen molar-refractivity contribution in [1.29, 1.82) is 0 Å². The molecule has 0 radical (unpaired) electrons. The van der Waals surface area contributed by atoms with E-state index >= 15 is 0 Å². The molecule has 1 saturated heterocycles. The molecule has 1 aliphatic rings. The molecular weight excluding hydrogens is 313 g/mol. The van der Waals surface area contributed by atoms with Gasteiger partial charge in [0.25, 0.3) is 0 Å². The number of aromatic nitrogens is 1. The third-order valence-corrected chi connectivity index (χ3v) is 4.89. The largest absolute Gasteiger partial charge is 0.304 e. The van der Waals surface area contributed by atoms with Gasteiger partial charge in [-0.25, -0.2) is 0 Å². The SMILES string of the molecule is C[C@H](N=C1NC(=O)[C@@](C)(c2cccnc2)S1)c1c#cc(F)cc1. The van der Waals surface area contributed by atoms with E-state index in [1.54, 1.807) is 24.5 Å². The van der Waals surface area contributed by atoms with Crippen LogP contribution in [0.2, 0.25) is 0 Å². The van der Waals surface area contributed by atoms with Gasteiger partial charge in [0, 0.05) is 18.0 Å². The Morgan fingerprint density at radius 3 is 2.87 bits per heavy atom. The third kappa shape index (κ3) is 3.06. The Hall–Kier alpha value is -2.39. The van der Waals surface area contributed by atoms with E-state index in [0.717, 1.165) is 5.56 Å². The first kappa shape index (κ1) is 15.5. The zero-order valence-electron chi connectivity index (χ0n) is 12.6. The molecule has 0 aliphatic carbocycles. The van der Waals surface area contributed by atoms with Crippen molar-refractivity contribution in [3.8, 4) is 0 Å². The maximum absolute atomic E-state index is 12.9. The summed E-state index contributed by atoms with van der Waals surface area (Å²) in [4.78, 5) is 20.9. The molecule has 1 N–H and O–H groups in total. The molecule has 6 heteroatoms. The van der Waals surface area contributed by atoms with Gasteiger partial charge in [0.15, 0.2) is 11.0 Å². The number of pyridine rings is 1. The predicted octanol–water partition coefficient (Wildman–Crippen LogP) is 3.02. The Kier molecular flexibility index (Phi) is 4.05. The summed E-state index contributed by atoms with van der Waals surface area (Å²) < 4.78 is 12.1. The molecule has 4 nitrogen and oxygen atoms in total. The predicted molar refractivity (Wildman–Crippen MR) is 87.2 cm³/mol. The highest BCUT2D eigenvalue weighted by molar-refractivity contribution is 8.15. The number of hydrogen-bond donors (Lipinski definition) is 1. The van der Waals surface area contributed by atoms with Crippen LogP contribution in [-0.2, 0) is 9.54 Å². The van der Waals surface area contributed by atoms with Gasteiger partial charge in [-0.2, -0.15) is 4.39 Å². The molecule has 0 unspecified atom stereocenters. The van der Waals surface area contributed by atoms with Gasteiger partial charge in [-0.3, -0.25) is 14.8 Å². The third-order valence-electron chi connectivity index (χ3n) is 3.66. The van der Waals surface area contributed by atoms with E-state index in [0.29, 0.717) is 10.7 Å². The van der Waals surface area contributed by atoms with Gasteiger partial charge in [-0.1, -0.05) is 23.9 Å². The van der Waals surface area contributed by atoms with Crippen molar-refractivity contribution in [3.05, 3.63) is 65.7 Å². The Morgan fingerprint density at radius 2 is 2.22 bits per heavy atom. The molecule has 1 amide bonds. The number of aliphatic imine (C=N–C) groups is 1. The van der Waals surface area contributed by atoms with E-state index in [1.807, 2.05) is 19.9 Å². The normalized spacial score (nSPS) is 23.4. The molecule has 1 aromatic carbocycles. The van der Waals surface area contributed by atoms with Crippen LogP contribution in [0.3, 0.4) is 0 Å². The lowest BCUT2D eigenvalue weighted by molar-refractivity contribution is -0.121. The minimum Gasteiger partial charge on any atom is -0.304 e. The zero-order chi connectivity index (χ0) is 16.4. The van der Waals surface area contributed by atoms with Crippen LogP contribution in [0.5, 0.6) is 0 Å². The second-order valence-electron chi connectivity index (χ2n) is 5.33. The average molecular weight is 327 g/mol. The van der Waals surface area contributed by atoms with Crippen LogP contribution in [0.1, 0.15) is 31.0 Å². The molecular formula is C17H14FN3OS. The van der Waals surface area contributed by atoms with Crippen molar-refractivity contribution in [2.24, 2.45) is 4.99 Å². The van der Waals surface area contributed by atoms with Crippen molar-refractivity contribution in [2.45, 2.75) is 24.6 Å². The smallest absolute Gasteiger partial charge is 0.246 e. The van der Waals surface area contributed by atoms with Gasteiger partial charge in [0.1, 0.15) is 4.75 Å². The Morgan fingerprint density at radius 1 is 1.39 bits per heavy atom. The van der Waals surface area contributed by atoms with Crippen LogP contribution in [-0.4, -0.2) is 16.1 Å². The second kappa shape index (κ2) is 6.01. The number of nitrogens with zero attached hydrogens (tertiary/aromatic N) is 2. The molecule has 23 heavy (non-hydrogen) atoms. The summed E-state index contributed by atoms with van der Waals surface area (Å²) in [5.74, 6) is -0.586. The van der Waals surface area contributed by atoms with Gasteiger partial charge >= 0.3 is 0 Å². The maximum Gasteiger partial charge on any atom is 0.246 e. The van der Waals surface area contributed by atoms with E-state index in [4.69, 9.17) is 0 Å². The lowest BCUT2D eigenvalue weighted by Crippen LogP contribution is -2.31. The summed E-state index contributed by atoms with van der Waals surface area (Å²) in [6.45, 7) is 3.70. The minimum atomic E-state index is -0.758. The van der Waals surface area contributed by atoms with Crippen LogP contribution < -0.4 is 5.32 Å². The van der Waals surface area contributed by atoms with E-state index in [2.05, 4.69) is 27.4 Å². The molecule has 116 valence electrons. The molecule has 3 rings (SSSR count). The number of halogens is 1. The molecule has 1 aromatic heterocycles. The number of nitrogens with one attached hydrogen (secondary N) is 1. The van der Waals surface area contributed by atoms with Gasteiger partial charge in [0.05, 0.1) is 6.04 Å². The van der Waals surface area contributed by atoms with Gasteiger partial charge in [-0.05, 0) is 43.7 Å². The summed E-state index contributed by atoms with van der Waals surface area (Å²) in [5, 5.41) is 3.34. The van der Waals surface area contributed by atoms with Crippen molar-refractivity contribution < 1.29 is 9.18 Å². The standard InChI is InChI=1S/C17H14FN3OS/c1-11(12-5-7-14(18)8-6-12)20-16-21-15(22)17(2,23-16)13-4-3-9-19-10-13/h3-5,7,9-11H,1-2H3,(H,20,21,22)/t11-,17+/m0/s1. The lowest BCUT2D eigenvalue weighted by atomic mass is 10.0. The number of carbonyl (C=O) groups excluding carboxylic acids is 1. The fraction of sp³-hybridized carbons (Fsp3) is 0.235. The fourth-order valence-corrected chi connectivity index (χ4v) is 3.37. The van der Waals surface area contributed by atoms with Gasteiger partial charge < -0.3 is 5.32 Å². The molecule has 0 bridgehead atoms. The highest BCUT2D eigenvalue weighted by Gasteiger charge is 2.44. The Bertz CT molecular complexity index is 748. The van der Waals surface area contributed by atoms with Gasteiger partial charge in [-0.15, -0.1) is 0 Å². The van der Waals surface area contributed by atoms with Crippen molar-refractivity contribution in [2.75, 3.05) is 0 Å². The highest BCUT2D eigenvalue weighted by Crippen LogP contribution is 2.41. The minimum absolute atomic E-state index is 0.129. The van der Waals surface area contributed by atoms with Crippen LogP contribution in [0, 0.1) is 17.9 Å². The second-order valence-corrected chi connectivity index (χ2v) is 6.74. The molecule has 1 aliphatic heterocycles. The average Bonchev–Trinajstić information content (AvgIpc) is 2.84. The number of rotatable bonds is 3. The quantitative estimate of drug-likeness (QED) is 0.943. The lowest BCUT2D eigenvalue weighted by Gasteiger charge is -2.18. The summed E-state index contributed by atoms with van der Waals surface area (Å²) in [5.41, 5.74) is 1.53. The number of carbonyl (C=O) groups is 1. The van der Waals surface area contributed by atoms with Crippen LogP contribution in [0.15, 0.2) is 41.7 Å². The van der Waals surface area contributed by atoms with Crippen molar-refractivity contribution >= 4 is 22.8 Å². The van der Waals surface area contributed by atoms with E-state index in [1.165, 1.54) is 17.8 Å². The summed E-state index contributed by atoms with van der Waals surface area (Å²) in [7, 11) is 0. The Balaban J connectivity index is 1.83. The van der Waals surface area contributed by atoms with Crippen molar-refractivity contribution in [3.63, 3.8) is 0 Å². The Labute approximate surface area is 138 Å². The molecule has 1 fully saturated rings. The molecule has 0 spiro atoms. The zero-order valence-corrected chi connectivity index (χ0v) is 13.4. The van der Waals surface area contributed by atoms with Gasteiger partial charge in [0.2, 0.25) is 5.91 Å². The monoisotopic (exact) mass is 327 g/mol. The number of amides is 1. The van der Waals surface area contributed by atoms with E-state index < -0.39 is 10.6 Å². The topological polar surface area (TPSA) is 54.4 Å². The van der Waals surface area contributed by atoms with Crippen LogP contribution in [0.25, 0.3) is 0 Å². The molecule has 2 atom stereocenters. The summed E-state index contributed by atoms with van der Waals surface area (Å²) in [6.07, 6.45) is 3.35. The molecule has 0 saturated carbocycles.